The first-order valence-corrected chi connectivity index (χ1v) is 11.1. The van der Waals surface area contributed by atoms with Crippen LogP contribution in [0, 0.1) is 11.8 Å². The number of imidazole rings is 1. The Balaban J connectivity index is 1.50. The first-order chi connectivity index (χ1) is 13.5. The fourth-order valence-electron chi connectivity index (χ4n) is 4.05. The van der Waals surface area contributed by atoms with Crippen LogP contribution >= 0.6 is 11.8 Å². The minimum absolute atomic E-state index is 0.0381. The summed E-state index contributed by atoms with van der Waals surface area (Å²) < 4.78 is 1.97. The second-order valence-corrected chi connectivity index (χ2v) is 9.29. The van der Waals surface area contributed by atoms with E-state index in [9.17, 15) is 9.59 Å². The fourth-order valence-corrected chi connectivity index (χ4v) is 4.87. The van der Waals surface area contributed by atoms with Gasteiger partial charge in [-0.3, -0.25) is 9.59 Å². The highest BCUT2D eigenvalue weighted by Crippen LogP contribution is 2.26. The summed E-state index contributed by atoms with van der Waals surface area (Å²) in [4.78, 5) is 31.8. The third-order valence-electron chi connectivity index (χ3n) is 5.41. The van der Waals surface area contributed by atoms with Gasteiger partial charge in [0.05, 0.1) is 16.8 Å². The maximum Gasteiger partial charge on any atom is 0.242 e. The van der Waals surface area contributed by atoms with Crippen LogP contribution in [0.5, 0.6) is 0 Å². The van der Waals surface area contributed by atoms with Crippen LogP contribution in [-0.4, -0.2) is 51.1 Å². The molecular formula is C21H28N4O2S. The Hall–Kier alpha value is -2.02. The van der Waals surface area contributed by atoms with Crippen LogP contribution in [0.15, 0.2) is 29.4 Å². The lowest BCUT2D eigenvalue weighted by Gasteiger charge is -2.35. The molecule has 7 heteroatoms. The van der Waals surface area contributed by atoms with Gasteiger partial charge in [-0.2, -0.15) is 0 Å². The molecule has 1 N–H and O–H groups in total. The highest BCUT2D eigenvalue weighted by molar-refractivity contribution is 7.99. The lowest BCUT2D eigenvalue weighted by molar-refractivity contribution is -0.134. The summed E-state index contributed by atoms with van der Waals surface area (Å²) in [5.74, 6) is 1.56. The van der Waals surface area contributed by atoms with Crippen molar-refractivity contribution in [2.45, 2.75) is 50.9 Å². The molecule has 1 aromatic carbocycles. The lowest BCUT2D eigenvalue weighted by Crippen LogP contribution is -2.44. The predicted molar refractivity (Wildman–Crippen MR) is 111 cm³/mol. The quantitative estimate of drug-likeness (QED) is 0.757. The van der Waals surface area contributed by atoms with Crippen molar-refractivity contribution in [1.29, 1.82) is 0 Å². The van der Waals surface area contributed by atoms with Crippen LogP contribution in [0.4, 0.5) is 0 Å². The minimum atomic E-state index is 0.0381. The third-order valence-corrected chi connectivity index (χ3v) is 6.39. The van der Waals surface area contributed by atoms with Crippen LogP contribution in [0.2, 0.25) is 0 Å². The second-order valence-electron chi connectivity index (χ2n) is 8.34. The number of likely N-dealkylation sites (tertiary alicyclic amines) is 1. The lowest BCUT2D eigenvalue weighted by atomic mass is 9.92. The highest BCUT2D eigenvalue weighted by Gasteiger charge is 2.27. The van der Waals surface area contributed by atoms with Gasteiger partial charge < -0.3 is 14.8 Å². The van der Waals surface area contributed by atoms with E-state index in [1.54, 1.807) is 0 Å². The largest absolute Gasteiger partial charge is 0.353 e. The normalized spacial score (nSPS) is 22.4. The summed E-state index contributed by atoms with van der Waals surface area (Å²) in [5, 5.41) is 3.74. The predicted octanol–water partition coefficient (Wildman–Crippen LogP) is 2.91. The van der Waals surface area contributed by atoms with E-state index in [4.69, 9.17) is 0 Å². The molecule has 2 aromatic rings. The summed E-state index contributed by atoms with van der Waals surface area (Å²) in [6, 6.07) is 8.21. The molecule has 1 saturated carbocycles. The Morgan fingerprint density at radius 3 is 2.61 bits per heavy atom. The first-order valence-electron chi connectivity index (χ1n) is 10.1. The number of rotatable bonds is 6. The van der Waals surface area contributed by atoms with Gasteiger partial charge >= 0.3 is 0 Å². The van der Waals surface area contributed by atoms with Crippen molar-refractivity contribution in [3.05, 3.63) is 24.3 Å². The Morgan fingerprint density at radius 2 is 1.89 bits per heavy atom. The molecule has 1 aromatic heterocycles. The van der Waals surface area contributed by atoms with Crippen LogP contribution in [0.1, 0.15) is 33.1 Å². The van der Waals surface area contributed by atoms with E-state index >= 15 is 0 Å². The molecule has 4 rings (SSSR count). The molecule has 2 heterocycles. The fraction of sp³-hybridized carbons (Fsp3) is 0.571. The van der Waals surface area contributed by atoms with Gasteiger partial charge in [0.2, 0.25) is 11.8 Å². The van der Waals surface area contributed by atoms with E-state index in [1.165, 1.54) is 18.2 Å². The number of carbonyl (C=O) groups is 2. The van der Waals surface area contributed by atoms with Crippen molar-refractivity contribution in [2.75, 3.05) is 18.8 Å². The molecule has 0 unspecified atom stereocenters. The van der Waals surface area contributed by atoms with E-state index in [0.29, 0.717) is 23.6 Å². The number of amides is 2. The van der Waals surface area contributed by atoms with Crippen LogP contribution in [0.25, 0.3) is 11.0 Å². The smallest absolute Gasteiger partial charge is 0.242 e. The highest BCUT2D eigenvalue weighted by atomic mass is 32.2. The molecule has 0 radical (unpaired) electrons. The molecule has 6 nitrogen and oxygen atoms in total. The van der Waals surface area contributed by atoms with Crippen molar-refractivity contribution >= 4 is 34.6 Å². The zero-order valence-corrected chi connectivity index (χ0v) is 17.4. The molecule has 2 amide bonds. The van der Waals surface area contributed by atoms with E-state index < -0.39 is 0 Å². The maximum absolute atomic E-state index is 13.0. The average molecular weight is 401 g/mol. The van der Waals surface area contributed by atoms with Gasteiger partial charge in [-0.15, -0.1) is 0 Å². The Labute approximate surface area is 170 Å². The molecule has 0 spiro atoms. The first kappa shape index (κ1) is 19.3. The number of carbonyl (C=O) groups excluding carboxylic acids is 2. The van der Waals surface area contributed by atoms with Crippen molar-refractivity contribution in [1.82, 2.24) is 19.8 Å². The van der Waals surface area contributed by atoms with E-state index in [2.05, 4.69) is 24.1 Å². The third kappa shape index (κ3) is 4.51. The van der Waals surface area contributed by atoms with Crippen LogP contribution < -0.4 is 5.32 Å². The summed E-state index contributed by atoms with van der Waals surface area (Å²) >= 11 is 1.41. The number of nitrogens with zero attached hydrogens (tertiary/aromatic N) is 3. The number of benzene rings is 1. The molecule has 2 atom stereocenters. The number of nitrogens with one attached hydrogen (secondary N) is 1. The number of para-hydroxylation sites is 2. The van der Waals surface area contributed by atoms with Gasteiger partial charge in [0.25, 0.3) is 0 Å². The summed E-state index contributed by atoms with van der Waals surface area (Å²) in [5.41, 5.74) is 1.81. The summed E-state index contributed by atoms with van der Waals surface area (Å²) in [7, 11) is 0. The molecule has 1 aliphatic carbocycles. The Kier molecular flexibility index (Phi) is 5.62. The molecule has 2 fully saturated rings. The SMILES string of the molecule is C[C@@H]1C[C@@H](C)CN(C(=O)Cn2c(SCC(=O)NC3CC3)nc3ccccc32)C1. The molecular weight excluding hydrogens is 372 g/mol. The molecule has 0 bridgehead atoms. The molecule has 1 saturated heterocycles. The second kappa shape index (κ2) is 8.15. The van der Waals surface area contributed by atoms with E-state index in [1.807, 2.05) is 33.7 Å². The monoisotopic (exact) mass is 400 g/mol. The molecule has 150 valence electrons. The number of fused-ring (bicyclic) bond motifs is 1. The Morgan fingerprint density at radius 1 is 1.18 bits per heavy atom. The van der Waals surface area contributed by atoms with Gasteiger partial charge in [-0.1, -0.05) is 37.7 Å². The number of piperidine rings is 1. The summed E-state index contributed by atoms with van der Waals surface area (Å²) in [6.45, 7) is 6.33. The van der Waals surface area contributed by atoms with Gasteiger partial charge in [0, 0.05) is 19.1 Å². The standard InChI is InChI=1S/C21H28N4O2S/c1-14-9-15(2)11-24(10-14)20(27)12-25-18-6-4-3-5-17(18)23-21(25)28-13-19(26)22-16-7-8-16/h3-6,14-16H,7-13H2,1-2H3,(H,22,26)/t14-,15-/m1/s1. The topological polar surface area (TPSA) is 67.2 Å². The zero-order chi connectivity index (χ0) is 19.7. The number of hydrogen-bond acceptors (Lipinski definition) is 4. The van der Waals surface area contributed by atoms with Crippen LogP contribution in [-0.2, 0) is 16.1 Å². The van der Waals surface area contributed by atoms with Gasteiger partial charge in [0.15, 0.2) is 5.16 Å². The average Bonchev–Trinajstić information content (AvgIpc) is 3.40. The molecule has 1 aliphatic heterocycles. The molecule has 28 heavy (non-hydrogen) atoms. The minimum Gasteiger partial charge on any atom is -0.353 e. The zero-order valence-electron chi connectivity index (χ0n) is 16.6. The van der Waals surface area contributed by atoms with Gasteiger partial charge in [-0.25, -0.2) is 4.98 Å². The van der Waals surface area contributed by atoms with Crippen LogP contribution in [0.3, 0.4) is 0 Å². The maximum atomic E-state index is 13.0. The number of thioether (sulfide) groups is 1. The van der Waals surface area contributed by atoms with Crippen molar-refractivity contribution in [3.63, 3.8) is 0 Å². The van der Waals surface area contributed by atoms with Crippen molar-refractivity contribution in [3.8, 4) is 0 Å². The van der Waals surface area contributed by atoms with Crippen molar-refractivity contribution in [2.24, 2.45) is 11.8 Å². The van der Waals surface area contributed by atoms with E-state index in [-0.39, 0.29) is 18.4 Å². The molecule has 2 aliphatic rings. The Bertz CT molecular complexity index is 866. The van der Waals surface area contributed by atoms with E-state index in [0.717, 1.165) is 42.1 Å². The van der Waals surface area contributed by atoms with Gasteiger partial charge in [-0.05, 0) is 43.2 Å². The van der Waals surface area contributed by atoms with Gasteiger partial charge in [0.1, 0.15) is 6.54 Å². The summed E-state index contributed by atoms with van der Waals surface area (Å²) in [6.07, 6.45) is 3.33. The number of aromatic nitrogens is 2. The number of hydrogen-bond donors (Lipinski definition) is 1. The van der Waals surface area contributed by atoms with Crippen molar-refractivity contribution < 1.29 is 9.59 Å².